The normalized spacial score (nSPS) is 28.4. The molecule has 0 radical (unpaired) electrons. The highest BCUT2D eigenvalue weighted by molar-refractivity contribution is 4.87. The van der Waals surface area contributed by atoms with Crippen molar-refractivity contribution < 1.29 is 4.74 Å². The zero-order chi connectivity index (χ0) is 12.8. The quantitative estimate of drug-likeness (QED) is 0.553. The summed E-state index contributed by atoms with van der Waals surface area (Å²) >= 11 is 0. The maximum atomic E-state index is 5.42. The molecule has 2 unspecified atom stereocenters. The third-order valence-electron chi connectivity index (χ3n) is 4.11. The molecular formula is C14H27N3O. The van der Waals surface area contributed by atoms with Crippen molar-refractivity contribution in [1.29, 1.82) is 0 Å². The third-order valence-corrected chi connectivity index (χ3v) is 4.11. The second-order valence-corrected chi connectivity index (χ2v) is 5.38. The van der Waals surface area contributed by atoms with Crippen molar-refractivity contribution in [2.45, 2.75) is 25.4 Å². The van der Waals surface area contributed by atoms with Gasteiger partial charge in [-0.2, -0.15) is 0 Å². The monoisotopic (exact) mass is 253 g/mol. The van der Waals surface area contributed by atoms with E-state index in [4.69, 9.17) is 4.74 Å². The van der Waals surface area contributed by atoms with Crippen LogP contribution in [0.1, 0.15) is 13.3 Å². The Morgan fingerprint density at radius 3 is 2.89 bits per heavy atom. The summed E-state index contributed by atoms with van der Waals surface area (Å²) in [6.07, 6.45) is 3.24. The molecule has 2 fully saturated rings. The Balaban J connectivity index is 1.71. The van der Waals surface area contributed by atoms with E-state index in [2.05, 4.69) is 28.6 Å². The van der Waals surface area contributed by atoms with Gasteiger partial charge in [0.05, 0.1) is 13.2 Å². The maximum absolute atomic E-state index is 5.42. The van der Waals surface area contributed by atoms with Crippen molar-refractivity contribution in [3.8, 4) is 0 Å². The molecule has 4 nitrogen and oxygen atoms in total. The summed E-state index contributed by atoms with van der Waals surface area (Å²) < 4.78 is 5.42. The Kier molecular flexibility index (Phi) is 5.63. The van der Waals surface area contributed by atoms with Gasteiger partial charge < -0.3 is 10.1 Å². The molecule has 0 spiro atoms. The molecule has 1 N–H and O–H groups in total. The van der Waals surface area contributed by atoms with E-state index in [9.17, 15) is 0 Å². The summed E-state index contributed by atoms with van der Waals surface area (Å²) in [5.41, 5.74) is 0. The van der Waals surface area contributed by atoms with E-state index in [1.165, 1.54) is 19.5 Å². The Morgan fingerprint density at radius 1 is 1.39 bits per heavy atom. The summed E-state index contributed by atoms with van der Waals surface area (Å²) in [7, 11) is 0. The lowest BCUT2D eigenvalue weighted by Crippen LogP contribution is -2.46. The summed E-state index contributed by atoms with van der Waals surface area (Å²) in [6.45, 7) is 14.5. The van der Waals surface area contributed by atoms with Gasteiger partial charge in [0.25, 0.3) is 0 Å². The largest absolute Gasteiger partial charge is 0.379 e. The van der Waals surface area contributed by atoms with Crippen LogP contribution in [0.25, 0.3) is 0 Å². The summed E-state index contributed by atoms with van der Waals surface area (Å²) in [5, 5.41) is 3.41. The van der Waals surface area contributed by atoms with E-state index in [0.29, 0.717) is 6.04 Å². The molecule has 2 rings (SSSR count). The summed E-state index contributed by atoms with van der Waals surface area (Å²) in [6, 6.07) is 1.37. The van der Waals surface area contributed by atoms with Crippen LogP contribution in [0.2, 0.25) is 0 Å². The number of morpholine rings is 1. The van der Waals surface area contributed by atoms with Gasteiger partial charge >= 0.3 is 0 Å². The van der Waals surface area contributed by atoms with Crippen LogP contribution < -0.4 is 5.32 Å². The first-order valence-electron chi connectivity index (χ1n) is 7.18. The molecule has 2 heterocycles. The molecule has 0 aromatic carbocycles. The van der Waals surface area contributed by atoms with Crippen LogP contribution in [-0.4, -0.2) is 74.4 Å². The summed E-state index contributed by atoms with van der Waals surface area (Å²) in [4.78, 5) is 5.21. The zero-order valence-corrected chi connectivity index (χ0v) is 11.6. The standard InChI is InChI=1S/C14H27N3O/c1-3-5-15-11-13(2)17-6-4-14(12-17)16-7-9-18-10-8-16/h3,13-15H,1,4-12H2,2H3. The highest BCUT2D eigenvalue weighted by Gasteiger charge is 2.30. The van der Waals surface area contributed by atoms with Gasteiger partial charge in [-0.05, 0) is 13.3 Å². The highest BCUT2D eigenvalue weighted by Crippen LogP contribution is 2.18. The molecule has 0 bridgehead atoms. The van der Waals surface area contributed by atoms with Gasteiger partial charge in [-0.15, -0.1) is 6.58 Å². The van der Waals surface area contributed by atoms with Crippen LogP contribution in [-0.2, 0) is 4.74 Å². The molecule has 0 aliphatic carbocycles. The Morgan fingerprint density at radius 2 is 2.17 bits per heavy atom. The molecule has 0 aromatic heterocycles. The van der Waals surface area contributed by atoms with Crippen molar-refractivity contribution in [2.24, 2.45) is 0 Å². The molecule has 0 amide bonds. The molecule has 2 aliphatic heterocycles. The molecule has 104 valence electrons. The van der Waals surface area contributed by atoms with E-state index in [-0.39, 0.29) is 0 Å². The Labute approximate surface area is 111 Å². The van der Waals surface area contributed by atoms with Crippen LogP contribution >= 0.6 is 0 Å². The second kappa shape index (κ2) is 7.24. The minimum absolute atomic E-state index is 0.621. The zero-order valence-electron chi connectivity index (χ0n) is 11.6. The fourth-order valence-corrected chi connectivity index (χ4v) is 2.93. The smallest absolute Gasteiger partial charge is 0.0594 e. The third kappa shape index (κ3) is 3.79. The lowest BCUT2D eigenvalue weighted by Gasteiger charge is -2.33. The first-order chi connectivity index (χ1) is 8.81. The fourth-order valence-electron chi connectivity index (χ4n) is 2.93. The predicted octanol–water partition coefficient (Wildman–Crippen LogP) is 0.557. The molecule has 0 saturated carbocycles. The lowest BCUT2D eigenvalue weighted by atomic mass is 10.2. The van der Waals surface area contributed by atoms with Crippen molar-refractivity contribution >= 4 is 0 Å². The Bertz CT molecular complexity index is 253. The van der Waals surface area contributed by atoms with Crippen molar-refractivity contribution in [3.05, 3.63) is 12.7 Å². The van der Waals surface area contributed by atoms with Crippen LogP contribution in [0.4, 0.5) is 0 Å². The minimum Gasteiger partial charge on any atom is -0.379 e. The van der Waals surface area contributed by atoms with Gasteiger partial charge in [0.1, 0.15) is 0 Å². The topological polar surface area (TPSA) is 27.7 Å². The SMILES string of the molecule is C=CCNCC(C)N1CCC(N2CCOCC2)C1. The molecular weight excluding hydrogens is 226 g/mol. The van der Waals surface area contributed by atoms with Gasteiger partial charge in [0, 0.05) is 51.4 Å². The summed E-state index contributed by atoms with van der Waals surface area (Å²) in [5.74, 6) is 0. The molecule has 4 heteroatoms. The lowest BCUT2D eigenvalue weighted by molar-refractivity contribution is 0.0178. The molecule has 18 heavy (non-hydrogen) atoms. The Hall–Kier alpha value is -0.420. The molecule has 2 saturated heterocycles. The van der Waals surface area contributed by atoms with Crippen LogP contribution in [0.15, 0.2) is 12.7 Å². The highest BCUT2D eigenvalue weighted by atomic mass is 16.5. The first kappa shape index (κ1) is 14.0. The average molecular weight is 253 g/mol. The van der Waals surface area contributed by atoms with E-state index < -0.39 is 0 Å². The van der Waals surface area contributed by atoms with Crippen molar-refractivity contribution in [1.82, 2.24) is 15.1 Å². The molecule has 2 aliphatic rings. The minimum atomic E-state index is 0.621. The molecule has 0 aromatic rings. The molecule has 2 atom stereocenters. The number of hydrogen-bond donors (Lipinski definition) is 1. The van der Waals surface area contributed by atoms with E-state index >= 15 is 0 Å². The second-order valence-electron chi connectivity index (χ2n) is 5.38. The van der Waals surface area contributed by atoms with Gasteiger partial charge in [-0.1, -0.05) is 6.08 Å². The van der Waals surface area contributed by atoms with Crippen LogP contribution in [0.5, 0.6) is 0 Å². The number of rotatable bonds is 6. The fraction of sp³-hybridized carbons (Fsp3) is 0.857. The van der Waals surface area contributed by atoms with Crippen molar-refractivity contribution in [3.63, 3.8) is 0 Å². The predicted molar refractivity (Wildman–Crippen MR) is 74.9 cm³/mol. The van der Waals surface area contributed by atoms with Gasteiger partial charge in [0.2, 0.25) is 0 Å². The number of nitrogens with zero attached hydrogens (tertiary/aromatic N) is 2. The van der Waals surface area contributed by atoms with Crippen LogP contribution in [0.3, 0.4) is 0 Å². The number of hydrogen-bond acceptors (Lipinski definition) is 4. The van der Waals surface area contributed by atoms with E-state index in [1.807, 2.05) is 6.08 Å². The van der Waals surface area contributed by atoms with Crippen LogP contribution in [0, 0.1) is 0 Å². The average Bonchev–Trinajstić information content (AvgIpc) is 2.89. The van der Waals surface area contributed by atoms with Gasteiger partial charge in [0.15, 0.2) is 0 Å². The van der Waals surface area contributed by atoms with Crippen molar-refractivity contribution in [2.75, 3.05) is 52.5 Å². The first-order valence-corrected chi connectivity index (χ1v) is 7.18. The van der Waals surface area contributed by atoms with Gasteiger partial charge in [-0.25, -0.2) is 0 Å². The number of nitrogens with one attached hydrogen (secondary N) is 1. The van der Waals surface area contributed by atoms with E-state index in [1.54, 1.807) is 0 Å². The maximum Gasteiger partial charge on any atom is 0.0594 e. The number of ether oxygens (including phenoxy) is 1. The van der Waals surface area contributed by atoms with Gasteiger partial charge in [-0.3, -0.25) is 9.80 Å². The van der Waals surface area contributed by atoms with E-state index in [0.717, 1.165) is 45.4 Å². The number of likely N-dealkylation sites (tertiary alicyclic amines) is 1.